The Hall–Kier alpha value is -1.00. The number of aliphatic hydroxyl groups excluding tert-OH is 1. The molecule has 0 aliphatic carbocycles. The molecule has 0 atom stereocenters. The van der Waals surface area contributed by atoms with E-state index in [9.17, 15) is 16.8 Å². The Morgan fingerprint density at radius 3 is 1.82 bits per heavy atom. The van der Waals surface area contributed by atoms with Crippen LogP contribution >= 0.6 is 0 Å². The molecule has 0 heterocycles. The Morgan fingerprint density at radius 2 is 1.47 bits per heavy atom. The third-order valence-corrected chi connectivity index (χ3v) is 4.02. The minimum Gasteiger partial charge on any atom is -0.392 e. The average Bonchev–Trinajstić information content (AvgIpc) is 2.13. The van der Waals surface area contributed by atoms with Crippen LogP contribution in [-0.4, -0.2) is 31.0 Å². The van der Waals surface area contributed by atoms with Crippen LogP contribution < -0.4 is 0 Å². The van der Waals surface area contributed by atoms with Gasteiger partial charge in [0.05, 0.1) is 11.5 Å². The molecule has 0 radical (unpaired) electrons. The summed E-state index contributed by atoms with van der Waals surface area (Å²) in [7, 11) is -9.28. The Bertz CT molecular complexity index is 643. The number of aryl methyl sites for hydroxylation is 1. The minimum atomic E-state index is -4.68. The first-order valence-corrected chi connectivity index (χ1v) is 7.14. The third-order valence-electron chi connectivity index (χ3n) is 2.08. The van der Waals surface area contributed by atoms with Gasteiger partial charge in [-0.2, -0.15) is 16.8 Å². The van der Waals surface area contributed by atoms with Crippen molar-refractivity contribution in [2.45, 2.75) is 23.3 Å². The summed E-state index contributed by atoms with van der Waals surface area (Å²) in [6.07, 6.45) is 0. The monoisotopic (exact) mass is 282 g/mol. The standard InChI is InChI=1S/C8H10O7S2/c1-5-2-6(4-9)8(17(13,14)15)3-7(5)16(10,11)12/h2-3,9H,4H2,1H3,(H,10,11,12)(H,13,14,15). The lowest BCUT2D eigenvalue weighted by Crippen LogP contribution is -2.08. The van der Waals surface area contributed by atoms with E-state index in [0.29, 0.717) is 6.07 Å². The summed E-state index contributed by atoms with van der Waals surface area (Å²) < 4.78 is 61.6. The molecule has 1 rings (SSSR count). The van der Waals surface area contributed by atoms with Crippen molar-refractivity contribution in [1.82, 2.24) is 0 Å². The van der Waals surface area contributed by atoms with Crippen LogP contribution in [-0.2, 0) is 26.8 Å². The molecule has 0 saturated heterocycles. The average molecular weight is 282 g/mol. The highest BCUT2D eigenvalue weighted by atomic mass is 32.2. The van der Waals surface area contributed by atoms with Gasteiger partial charge < -0.3 is 5.11 Å². The number of rotatable bonds is 3. The van der Waals surface area contributed by atoms with Gasteiger partial charge in [-0.15, -0.1) is 0 Å². The van der Waals surface area contributed by atoms with E-state index < -0.39 is 36.6 Å². The number of benzene rings is 1. The van der Waals surface area contributed by atoms with Crippen LogP contribution in [0.3, 0.4) is 0 Å². The zero-order valence-electron chi connectivity index (χ0n) is 8.65. The van der Waals surface area contributed by atoms with Gasteiger partial charge in [-0.25, -0.2) is 0 Å². The Morgan fingerprint density at radius 1 is 1.00 bits per heavy atom. The smallest absolute Gasteiger partial charge is 0.294 e. The van der Waals surface area contributed by atoms with Gasteiger partial charge in [-0.05, 0) is 24.1 Å². The van der Waals surface area contributed by atoms with E-state index in [4.69, 9.17) is 14.2 Å². The van der Waals surface area contributed by atoms with Crippen LogP contribution in [0.5, 0.6) is 0 Å². The fraction of sp³-hybridized carbons (Fsp3) is 0.250. The minimum absolute atomic E-state index is 0.0592. The molecule has 0 amide bonds. The lowest BCUT2D eigenvalue weighted by atomic mass is 10.1. The van der Waals surface area contributed by atoms with Crippen LogP contribution in [0, 0.1) is 6.92 Å². The van der Waals surface area contributed by atoms with Gasteiger partial charge in [-0.1, -0.05) is 6.07 Å². The normalized spacial score (nSPS) is 12.7. The summed E-state index contributed by atoms with van der Waals surface area (Å²) in [6, 6.07) is 1.66. The summed E-state index contributed by atoms with van der Waals surface area (Å²) in [5.74, 6) is 0. The SMILES string of the molecule is Cc1cc(CO)c(S(=O)(=O)O)cc1S(=O)(=O)O. The van der Waals surface area contributed by atoms with Crippen LogP contribution in [0.4, 0.5) is 0 Å². The molecule has 0 spiro atoms. The molecule has 3 N–H and O–H groups in total. The van der Waals surface area contributed by atoms with Crippen molar-refractivity contribution in [3.05, 3.63) is 23.3 Å². The Labute approximate surface area is 98.2 Å². The fourth-order valence-electron chi connectivity index (χ4n) is 1.37. The summed E-state index contributed by atoms with van der Waals surface area (Å²) in [6.45, 7) is 0.623. The van der Waals surface area contributed by atoms with Crippen molar-refractivity contribution in [2.75, 3.05) is 0 Å². The summed E-state index contributed by atoms with van der Waals surface area (Å²) in [5, 5.41) is 8.91. The molecule has 9 heteroatoms. The second-order valence-electron chi connectivity index (χ2n) is 3.33. The molecule has 96 valence electrons. The summed E-state index contributed by atoms with van der Waals surface area (Å²) in [5.41, 5.74) is -0.0960. The molecular weight excluding hydrogens is 272 g/mol. The van der Waals surface area contributed by atoms with Gasteiger partial charge in [0.25, 0.3) is 20.2 Å². The molecule has 0 aromatic heterocycles. The van der Waals surface area contributed by atoms with E-state index in [1.54, 1.807) is 0 Å². The number of hydrogen-bond donors (Lipinski definition) is 3. The Balaban J connectivity index is 3.73. The largest absolute Gasteiger partial charge is 0.392 e. The molecule has 0 unspecified atom stereocenters. The molecule has 1 aromatic rings. The van der Waals surface area contributed by atoms with E-state index in [1.165, 1.54) is 6.92 Å². The van der Waals surface area contributed by atoms with Gasteiger partial charge in [0.15, 0.2) is 0 Å². The second-order valence-corrected chi connectivity index (χ2v) is 6.11. The zero-order valence-corrected chi connectivity index (χ0v) is 10.3. The van der Waals surface area contributed by atoms with E-state index in [0.717, 1.165) is 6.07 Å². The topological polar surface area (TPSA) is 129 Å². The first-order chi connectivity index (χ1) is 7.57. The first kappa shape index (κ1) is 14.1. The van der Waals surface area contributed by atoms with Crippen molar-refractivity contribution < 1.29 is 31.0 Å². The summed E-state index contributed by atoms with van der Waals surface area (Å²) in [4.78, 5) is -1.39. The van der Waals surface area contributed by atoms with Crippen molar-refractivity contribution in [3.63, 3.8) is 0 Å². The quantitative estimate of drug-likeness (QED) is 0.664. The van der Waals surface area contributed by atoms with E-state index >= 15 is 0 Å². The molecule has 0 fully saturated rings. The molecule has 1 aromatic carbocycles. The van der Waals surface area contributed by atoms with Crippen LogP contribution in [0.15, 0.2) is 21.9 Å². The van der Waals surface area contributed by atoms with Crippen molar-refractivity contribution in [1.29, 1.82) is 0 Å². The fourth-order valence-corrected chi connectivity index (χ4v) is 2.90. The molecule has 0 saturated carbocycles. The highest BCUT2D eigenvalue weighted by Crippen LogP contribution is 2.24. The summed E-state index contributed by atoms with van der Waals surface area (Å²) >= 11 is 0. The third kappa shape index (κ3) is 3.01. The molecule has 7 nitrogen and oxygen atoms in total. The maximum absolute atomic E-state index is 11.0. The van der Waals surface area contributed by atoms with Crippen molar-refractivity contribution in [2.24, 2.45) is 0 Å². The molecule has 0 bridgehead atoms. The lowest BCUT2D eigenvalue weighted by molar-refractivity contribution is 0.277. The van der Waals surface area contributed by atoms with E-state index in [1.807, 2.05) is 0 Å². The predicted octanol–water partition coefficient (Wildman–Crippen LogP) is -0.0193. The first-order valence-electron chi connectivity index (χ1n) is 4.26. The zero-order chi connectivity index (χ0) is 13.4. The molecular formula is C8H10O7S2. The molecule has 17 heavy (non-hydrogen) atoms. The van der Waals surface area contributed by atoms with Gasteiger partial charge >= 0.3 is 0 Å². The van der Waals surface area contributed by atoms with Gasteiger partial charge in [0.2, 0.25) is 0 Å². The highest BCUT2D eigenvalue weighted by molar-refractivity contribution is 7.86. The predicted molar refractivity (Wildman–Crippen MR) is 56.7 cm³/mol. The second kappa shape index (κ2) is 4.35. The van der Waals surface area contributed by atoms with E-state index in [2.05, 4.69) is 0 Å². The van der Waals surface area contributed by atoms with Crippen LogP contribution in [0.2, 0.25) is 0 Å². The highest BCUT2D eigenvalue weighted by Gasteiger charge is 2.22. The Kier molecular flexibility index (Phi) is 3.60. The van der Waals surface area contributed by atoms with E-state index in [-0.39, 0.29) is 11.1 Å². The number of aliphatic hydroxyl groups is 1. The number of hydrogen-bond acceptors (Lipinski definition) is 5. The maximum Gasteiger partial charge on any atom is 0.294 e. The van der Waals surface area contributed by atoms with Crippen LogP contribution in [0.25, 0.3) is 0 Å². The lowest BCUT2D eigenvalue weighted by Gasteiger charge is -2.09. The van der Waals surface area contributed by atoms with Gasteiger partial charge in [0, 0.05) is 0 Å². The molecule has 0 aliphatic heterocycles. The van der Waals surface area contributed by atoms with Gasteiger partial charge in [-0.3, -0.25) is 9.11 Å². The van der Waals surface area contributed by atoms with Crippen LogP contribution in [0.1, 0.15) is 11.1 Å². The maximum atomic E-state index is 11.0. The van der Waals surface area contributed by atoms with Gasteiger partial charge in [0.1, 0.15) is 4.90 Å². The molecule has 0 aliphatic rings. The van der Waals surface area contributed by atoms with Crippen molar-refractivity contribution >= 4 is 20.2 Å². The van der Waals surface area contributed by atoms with Crippen molar-refractivity contribution in [3.8, 4) is 0 Å².